The molecule has 3 N–H and O–H groups in total. The Bertz CT molecular complexity index is 948. The zero-order chi connectivity index (χ0) is 16.7. The summed E-state index contributed by atoms with van der Waals surface area (Å²) in [6.07, 6.45) is 1.45. The molecule has 0 saturated carbocycles. The molecule has 0 radical (unpaired) electrons. The molecule has 0 amide bonds. The lowest BCUT2D eigenvalue weighted by molar-refractivity contribution is 0.174. The Hall–Kier alpha value is -2.93. The minimum absolute atomic E-state index is 0.152. The van der Waals surface area contributed by atoms with Gasteiger partial charge in [0.25, 0.3) is 0 Å². The monoisotopic (exact) mass is 344 g/mol. The van der Waals surface area contributed by atoms with Crippen molar-refractivity contribution in [3.05, 3.63) is 35.6 Å². The summed E-state index contributed by atoms with van der Waals surface area (Å²) < 4.78 is 16.1. The highest BCUT2D eigenvalue weighted by Crippen LogP contribution is 2.45. The third-order valence-corrected chi connectivity index (χ3v) is 4.03. The van der Waals surface area contributed by atoms with E-state index in [0.717, 1.165) is 5.39 Å². The van der Waals surface area contributed by atoms with Crippen LogP contribution in [0.5, 0.6) is 17.2 Å². The number of aromatic nitrogens is 2. The Labute approximate surface area is 142 Å². The normalized spacial score (nSPS) is 12.4. The minimum atomic E-state index is 0.152. The van der Waals surface area contributed by atoms with Gasteiger partial charge >= 0.3 is 0 Å². The van der Waals surface area contributed by atoms with Gasteiger partial charge in [0, 0.05) is 11.5 Å². The molecule has 0 saturated heterocycles. The first-order valence-electron chi connectivity index (χ1n) is 7.10. The van der Waals surface area contributed by atoms with Crippen molar-refractivity contribution in [3.8, 4) is 17.2 Å². The van der Waals surface area contributed by atoms with Crippen molar-refractivity contribution < 1.29 is 14.2 Å². The summed E-state index contributed by atoms with van der Waals surface area (Å²) >= 11 is 6.30. The van der Waals surface area contributed by atoms with Crippen LogP contribution in [0, 0.1) is 0 Å². The van der Waals surface area contributed by atoms with Gasteiger partial charge in [-0.2, -0.15) is 0 Å². The largest absolute Gasteiger partial charge is 0.495 e. The number of nitrogen functional groups attached to an aromatic ring is 1. The van der Waals surface area contributed by atoms with Gasteiger partial charge in [-0.05, 0) is 18.2 Å². The molecule has 1 aliphatic heterocycles. The number of fused-ring (bicyclic) bond motifs is 2. The number of benzene rings is 2. The van der Waals surface area contributed by atoms with E-state index in [0.29, 0.717) is 45.0 Å². The molecule has 8 heteroatoms. The number of hydrogen-bond acceptors (Lipinski definition) is 7. The first-order chi connectivity index (χ1) is 11.7. The maximum absolute atomic E-state index is 6.30. The van der Waals surface area contributed by atoms with Gasteiger partial charge < -0.3 is 25.3 Å². The van der Waals surface area contributed by atoms with Gasteiger partial charge in [0.15, 0.2) is 11.5 Å². The molecule has 24 heavy (non-hydrogen) atoms. The lowest BCUT2D eigenvalue weighted by atomic mass is 10.2. The number of ether oxygens (including phenoxy) is 3. The molecule has 122 valence electrons. The van der Waals surface area contributed by atoms with Crippen LogP contribution in [-0.4, -0.2) is 23.9 Å². The maximum atomic E-state index is 6.30. The second kappa shape index (κ2) is 5.61. The second-order valence-electron chi connectivity index (χ2n) is 5.11. The molecule has 1 aliphatic rings. The molecule has 2 heterocycles. The molecule has 1 aromatic heterocycles. The topological polar surface area (TPSA) is 91.5 Å². The summed E-state index contributed by atoms with van der Waals surface area (Å²) in [6, 6.07) is 7.01. The van der Waals surface area contributed by atoms with E-state index >= 15 is 0 Å². The Morgan fingerprint density at radius 2 is 2.12 bits per heavy atom. The van der Waals surface area contributed by atoms with Gasteiger partial charge in [-0.3, -0.25) is 0 Å². The van der Waals surface area contributed by atoms with Crippen LogP contribution >= 0.6 is 11.6 Å². The zero-order valence-electron chi connectivity index (χ0n) is 12.7. The highest BCUT2D eigenvalue weighted by atomic mass is 35.5. The van der Waals surface area contributed by atoms with E-state index in [1.807, 2.05) is 0 Å². The van der Waals surface area contributed by atoms with Gasteiger partial charge in [0.2, 0.25) is 6.79 Å². The van der Waals surface area contributed by atoms with Gasteiger partial charge in [0.1, 0.15) is 23.6 Å². The summed E-state index contributed by atoms with van der Waals surface area (Å²) in [5, 5.41) is 4.43. The highest BCUT2D eigenvalue weighted by molar-refractivity contribution is 6.34. The first kappa shape index (κ1) is 14.6. The Morgan fingerprint density at radius 3 is 2.96 bits per heavy atom. The molecule has 4 rings (SSSR count). The van der Waals surface area contributed by atoms with Crippen LogP contribution in [0.15, 0.2) is 30.6 Å². The van der Waals surface area contributed by atoms with E-state index in [2.05, 4.69) is 15.3 Å². The molecule has 0 spiro atoms. The Kier molecular flexibility index (Phi) is 3.42. The fraction of sp³-hybridized carbons (Fsp3) is 0.125. The first-order valence-corrected chi connectivity index (χ1v) is 7.48. The number of nitrogens with one attached hydrogen (secondary N) is 1. The van der Waals surface area contributed by atoms with Gasteiger partial charge in [0.05, 0.1) is 23.3 Å². The Balaban J connectivity index is 1.84. The summed E-state index contributed by atoms with van der Waals surface area (Å²) in [5.41, 5.74) is 7.77. The van der Waals surface area contributed by atoms with Crippen molar-refractivity contribution in [3.63, 3.8) is 0 Å². The average molecular weight is 345 g/mol. The van der Waals surface area contributed by atoms with Crippen LogP contribution in [0.1, 0.15) is 0 Å². The molecule has 3 aromatic rings. The van der Waals surface area contributed by atoms with Crippen molar-refractivity contribution in [2.45, 2.75) is 0 Å². The molecule has 0 atom stereocenters. The number of nitrogens with zero attached hydrogens (tertiary/aromatic N) is 2. The minimum Gasteiger partial charge on any atom is -0.495 e. The van der Waals surface area contributed by atoms with Crippen molar-refractivity contribution in [2.75, 3.05) is 25.0 Å². The predicted molar refractivity (Wildman–Crippen MR) is 91.4 cm³/mol. The number of nitrogens with two attached hydrogens (primary N) is 1. The summed E-state index contributed by atoms with van der Waals surface area (Å²) in [6.45, 7) is 0.152. The number of anilines is 3. The molecule has 0 bridgehead atoms. The van der Waals surface area contributed by atoms with E-state index in [4.69, 9.17) is 31.5 Å². The summed E-state index contributed by atoms with van der Waals surface area (Å²) in [7, 11) is 1.56. The number of methoxy groups -OCH3 is 1. The molecular formula is C16H13ClN4O3. The SMILES string of the molecule is COc1cc2ncnc(Nc3c(Cl)ccc4c3OCO4)c2cc1N. The zero-order valence-corrected chi connectivity index (χ0v) is 13.4. The molecule has 0 fully saturated rings. The van der Waals surface area contributed by atoms with Gasteiger partial charge in [-0.25, -0.2) is 9.97 Å². The van der Waals surface area contributed by atoms with Crippen molar-refractivity contribution in [2.24, 2.45) is 0 Å². The lowest BCUT2D eigenvalue weighted by Crippen LogP contribution is -2.00. The second-order valence-corrected chi connectivity index (χ2v) is 5.52. The van der Waals surface area contributed by atoms with Crippen LogP contribution in [-0.2, 0) is 0 Å². The highest BCUT2D eigenvalue weighted by Gasteiger charge is 2.21. The van der Waals surface area contributed by atoms with Crippen LogP contribution in [0.4, 0.5) is 17.2 Å². The van der Waals surface area contributed by atoms with E-state index in [1.54, 1.807) is 31.4 Å². The third kappa shape index (κ3) is 2.30. The van der Waals surface area contributed by atoms with Crippen molar-refractivity contribution in [1.29, 1.82) is 0 Å². The van der Waals surface area contributed by atoms with E-state index in [1.165, 1.54) is 6.33 Å². The number of hydrogen-bond donors (Lipinski definition) is 2. The van der Waals surface area contributed by atoms with Crippen LogP contribution in [0.25, 0.3) is 10.9 Å². The average Bonchev–Trinajstić information content (AvgIpc) is 3.06. The predicted octanol–water partition coefficient (Wildman–Crippen LogP) is 3.35. The number of halogens is 1. The van der Waals surface area contributed by atoms with Crippen molar-refractivity contribution >= 4 is 39.7 Å². The fourth-order valence-corrected chi connectivity index (χ4v) is 2.76. The standard InChI is InChI=1S/C16H13ClN4O3/c1-22-13-5-11-8(4-10(13)18)16(20-6-19-11)21-14-9(17)2-3-12-15(14)24-7-23-12/h2-6H,7,18H2,1H3,(H,19,20,21). The van der Waals surface area contributed by atoms with Crippen molar-refractivity contribution in [1.82, 2.24) is 9.97 Å². The summed E-state index contributed by atoms with van der Waals surface area (Å²) in [4.78, 5) is 8.54. The molecular weight excluding hydrogens is 332 g/mol. The maximum Gasteiger partial charge on any atom is 0.231 e. The van der Waals surface area contributed by atoms with E-state index < -0.39 is 0 Å². The molecule has 7 nitrogen and oxygen atoms in total. The lowest BCUT2D eigenvalue weighted by Gasteiger charge is -2.13. The van der Waals surface area contributed by atoms with Crippen LogP contribution in [0.2, 0.25) is 5.02 Å². The quantitative estimate of drug-likeness (QED) is 0.704. The number of rotatable bonds is 3. The fourth-order valence-electron chi connectivity index (χ4n) is 2.56. The van der Waals surface area contributed by atoms with Gasteiger partial charge in [-0.15, -0.1) is 0 Å². The van der Waals surface area contributed by atoms with E-state index in [-0.39, 0.29) is 6.79 Å². The molecule has 0 aliphatic carbocycles. The summed E-state index contributed by atoms with van der Waals surface area (Å²) in [5.74, 6) is 2.29. The van der Waals surface area contributed by atoms with Crippen LogP contribution < -0.4 is 25.3 Å². The van der Waals surface area contributed by atoms with Gasteiger partial charge in [-0.1, -0.05) is 11.6 Å². The molecule has 2 aromatic carbocycles. The van der Waals surface area contributed by atoms with Crippen LogP contribution in [0.3, 0.4) is 0 Å². The van der Waals surface area contributed by atoms with E-state index in [9.17, 15) is 0 Å². The third-order valence-electron chi connectivity index (χ3n) is 3.72. The Morgan fingerprint density at radius 1 is 1.25 bits per heavy atom. The molecule has 0 unspecified atom stereocenters. The smallest absolute Gasteiger partial charge is 0.231 e.